The molecule has 0 aliphatic carbocycles. The van der Waals surface area contributed by atoms with Crippen molar-refractivity contribution < 1.29 is 4.79 Å². The fraction of sp³-hybridized carbons (Fsp3) is 0.526. The van der Waals surface area contributed by atoms with Crippen molar-refractivity contribution in [1.29, 1.82) is 0 Å². The Kier molecular flexibility index (Phi) is 8.69. The molecule has 0 N–H and O–H groups in total. The van der Waals surface area contributed by atoms with E-state index in [-0.39, 0.29) is 5.78 Å². The van der Waals surface area contributed by atoms with E-state index in [0.717, 1.165) is 36.8 Å². The molecule has 0 saturated heterocycles. The molecule has 1 rings (SSSR count). The first-order chi connectivity index (χ1) is 9.79. The molecule has 0 aliphatic rings. The number of carbonyl (C=O) groups excluding carboxylic acids is 1. The fourth-order valence-corrected chi connectivity index (χ4v) is 2.30. The average Bonchev–Trinajstić information content (AvgIpc) is 2.50. The van der Waals surface area contributed by atoms with Crippen LogP contribution in [0.3, 0.4) is 0 Å². The van der Waals surface area contributed by atoms with Crippen LogP contribution < -0.4 is 0 Å². The van der Waals surface area contributed by atoms with Gasteiger partial charge in [-0.25, -0.2) is 0 Å². The summed E-state index contributed by atoms with van der Waals surface area (Å²) in [6.45, 7) is 4.40. The molecule has 0 spiro atoms. The van der Waals surface area contributed by atoms with Crippen molar-refractivity contribution >= 4 is 5.78 Å². The number of benzene rings is 1. The second-order valence-corrected chi connectivity index (χ2v) is 5.38. The first-order valence-electron chi connectivity index (χ1n) is 8.08. The Morgan fingerprint density at radius 3 is 2.30 bits per heavy atom. The Morgan fingerprint density at radius 2 is 1.65 bits per heavy atom. The molecule has 0 heterocycles. The zero-order chi connectivity index (χ0) is 14.6. The van der Waals surface area contributed by atoms with Crippen LogP contribution >= 0.6 is 0 Å². The Balaban J connectivity index is 2.63. The molecule has 0 aromatic heterocycles. The van der Waals surface area contributed by atoms with Crippen LogP contribution in [0.25, 0.3) is 0 Å². The Hall–Kier alpha value is -1.37. The van der Waals surface area contributed by atoms with Crippen LogP contribution in [-0.4, -0.2) is 5.78 Å². The molecular weight excluding hydrogens is 244 g/mol. The maximum absolute atomic E-state index is 12.5. The third-order valence-corrected chi connectivity index (χ3v) is 3.58. The van der Waals surface area contributed by atoms with Gasteiger partial charge in [-0.1, -0.05) is 75.9 Å². The van der Waals surface area contributed by atoms with Gasteiger partial charge in [0.2, 0.25) is 0 Å². The number of allylic oxidation sites excluding steroid dienone is 2. The summed E-state index contributed by atoms with van der Waals surface area (Å²) in [4.78, 5) is 12.5. The largest absolute Gasteiger partial charge is 0.289 e. The molecule has 0 amide bonds. The summed E-state index contributed by atoms with van der Waals surface area (Å²) in [6, 6.07) is 9.66. The van der Waals surface area contributed by atoms with Gasteiger partial charge in [-0.15, -0.1) is 0 Å². The van der Waals surface area contributed by atoms with Crippen molar-refractivity contribution in [3.8, 4) is 0 Å². The zero-order valence-corrected chi connectivity index (χ0v) is 13.0. The van der Waals surface area contributed by atoms with E-state index in [0.29, 0.717) is 0 Å². The van der Waals surface area contributed by atoms with E-state index in [4.69, 9.17) is 0 Å². The van der Waals surface area contributed by atoms with Crippen molar-refractivity contribution in [3.05, 3.63) is 47.5 Å². The quantitative estimate of drug-likeness (QED) is 0.292. The van der Waals surface area contributed by atoms with Gasteiger partial charge >= 0.3 is 0 Å². The third kappa shape index (κ3) is 6.18. The molecule has 0 saturated carbocycles. The number of carbonyl (C=O) groups is 1. The van der Waals surface area contributed by atoms with E-state index in [1.165, 1.54) is 25.7 Å². The highest BCUT2D eigenvalue weighted by Gasteiger charge is 2.10. The van der Waals surface area contributed by atoms with Gasteiger partial charge in [-0.2, -0.15) is 0 Å². The van der Waals surface area contributed by atoms with Gasteiger partial charge in [-0.05, 0) is 31.3 Å². The minimum atomic E-state index is 0.217. The average molecular weight is 272 g/mol. The van der Waals surface area contributed by atoms with Crippen molar-refractivity contribution in [2.24, 2.45) is 0 Å². The summed E-state index contributed by atoms with van der Waals surface area (Å²) >= 11 is 0. The number of Topliss-reactive ketones (excluding diaryl/α,β-unsaturated/α-hetero) is 1. The highest BCUT2D eigenvalue weighted by atomic mass is 16.1. The van der Waals surface area contributed by atoms with Gasteiger partial charge in [0.1, 0.15) is 0 Å². The van der Waals surface area contributed by atoms with Gasteiger partial charge in [0.05, 0.1) is 0 Å². The molecule has 20 heavy (non-hydrogen) atoms. The van der Waals surface area contributed by atoms with Crippen LogP contribution in [0.5, 0.6) is 0 Å². The van der Waals surface area contributed by atoms with Crippen LogP contribution in [0.2, 0.25) is 0 Å². The first-order valence-corrected chi connectivity index (χ1v) is 8.08. The van der Waals surface area contributed by atoms with Gasteiger partial charge in [-0.3, -0.25) is 4.79 Å². The van der Waals surface area contributed by atoms with Gasteiger partial charge in [0.15, 0.2) is 5.78 Å². The molecule has 1 aromatic carbocycles. The SMILES string of the molecule is CCCCCC/C=C(/CCCC)C(=O)c1ccccc1. The Bertz CT molecular complexity index is 403. The third-order valence-electron chi connectivity index (χ3n) is 3.58. The molecule has 0 aliphatic heterocycles. The topological polar surface area (TPSA) is 17.1 Å². The molecule has 1 heteroatoms. The van der Waals surface area contributed by atoms with E-state index < -0.39 is 0 Å². The smallest absolute Gasteiger partial charge is 0.188 e. The van der Waals surface area contributed by atoms with Crippen molar-refractivity contribution in [3.63, 3.8) is 0 Å². The second-order valence-electron chi connectivity index (χ2n) is 5.38. The minimum Gasteiger partial charge on any atom is -0.289 e. The summed E-state index contributed by atoms with van der Waals surface area (Å²) in [5.41, 5.74) is 1.83. The van der Waals surface area contributed by atoms with Crippen LogP contribution in [0.1, 0.15) is 75.6 Å². The molecule has 1 nitrogen and oxygen atoms in total. The highest BCUT2D eigenvalue weighted by Crippen LogP contribution is 2.16. The highest BCUT2D eigenvalue weighted by molar-refractivity contribution is 6.08. The molecule has 0 unspecified atom stereocenters. The number of ketones is 1. The Morgan fingerprint density at radius 1 is 0.950 bits per heavy atom. The van der Waals surface area contributed by atoms with Crippen LogP contribution in [-0.2, 0) is 0 Å². The molecule has 0 bridgehead atoms. The lowest BCUT2D eigenvalue weighted by Crippen LogP contribution is -2.03. The molecular formula is C19H28O. The van der Waals surface area contributed by atoms with Crippen molar-refractivity contribution in [1.82, 2.24) is 0 Å². The standard InChI is InChI=1S/C19H28O/c1-3-5-7-8-10-14-17(13-6-4-2)19(20)18-15-11-9-12-16-18/h9,11-12,14-16H,3-8,10,13H2,1-2H3/b17-14-. The Labute approximate surface area is 124 Å². The van der Waals surface area contributed by atoms with Crippen molar-refractivity contribution in [2.75, 3.05) is 0 Å². The predicted octanol–water partition coefficient (Wildman–Crippen LogP) is 5.96. The molecule has 0 atom stereocenters. The van der Waals surface area contributed by atoms with E-state index in [9.17, 15) is 4.79 Å². The van der Waals surface area contributed by atoms with E-state index in [2.05, 4.69) is 19.9 Å². The number of rotatable bonds is 10. The number of hydrogen-bond acceptors (Lipinski definition) is 1. The maximum atomic E-state index is 12.5. The lowest BCUT2D eigenvalue weighted by molar-refractivity contribution is 0.103. The van der Waals surface area contributed by atoms with E-state index >= 15 is 0 Å². The van der Waals surface area contributed by atoms with E-state index in [1.54, 1.807) is 0 Å². The lowest BCUT2D eigenvalue weighted by Gasteiger charge is -2.07. The number of hydrogen-bond donors (Lipinski definition) is 0. The van der Waals surface area contributed by atoms with Crippen LogP contribution in [0.15, 0.2) is 42.0 Å². The predicted molar refractivity (Wildman–Crippen MR) is 87.1 cm³/mol. The zero-order valence-electron chi connectivity index (χ0n) is 13.0. The van der Waals surface area contributed by atoms with Crippen LogP contribution in [0.4, 0.5) is 0 Å². The first kappa shape index (κ1) is 16.7. The summed E-state index contributed by atoms with van der Waals surface area (Å²) in [6.07, 6.45) is 11.4. The molecule has 0 radical (unpaired) electrons. The fourth-order valence-electron chi connectivity index (χ4n) is 2.30. The van der Waals surface area contributed by atoms with Crippen LogP contribution in [0, 0.1) is 0 Å². The second kappa shape index (κ2) is 10.4. The van der Waals surface area contributed by atoms with E-state index in [1.807, 2.05) is 30.3 Å². The van der Waals surface area contributed by atoms with Crippen molar-refractivity contribution in [2.45, 2.75) is 65.2 Å². The summed E-state index contributed by atoms with van der Waals surface area (Å²) in [7, 11) is 0. The lowest BCUT2D eigenvalue weighted by atomic mass is 9.97. The summed E-state index contributed by atoms with van der Waals surface area (Å²) in [5.74, 6) is 0.217. The summed E-state index contributed by atoms with van der Waals surface area (Å²) < 4.78 is 0. The number of unbranched alkanes of at least 4 members (excludes halogenated alkanes) is 5. The molecule has 110 valence electrons. The monoisotopic (exact) mass is 272 g/mol. The normalized spacial score (nSPS) is 11.6. The van der Waals surface area contributed by atoms with Gasteiger partial charge < -0.3 is 0 Å². The molecule has 0 fully saturated rings. The van der Waals surface area contributed by atoms with Gasteiger partial charge in [0.25, 0.3) is 0 Å². The summed E-state index contributed by atoms with van der Waals surface area (Å²) in [5, 5.41) is 0. The minimum absolute atomic E-state index is 0.217. The maximum Gasteiger partial charge on any atom is 0.188 e. The molecule has 1 aromatic rings. The van der Waals surface area contributed by atoms with Gasteiger partial charge in [0, 0.05) is 5.56 Å².